The topological polar surface area (TPSA) is 94.7 Å². The predicted octanol–water partition coefficient (Wildman–Crippen LogP) is 3.60. The van der Waals surface area contributed by atoms with Crippen LogP contribution in [0.4, 0.5) is 0 Å². The number of rotatable bonds is 8. The second-order valence-electron chi connectivity index (χ2n) is 6.77. The van der Waals surface area contributed by atoms with E-state index in [1.807, 2.05) is 47.3 Å². The summed E-state index contributed by atoms with van der Waals surface area (Å²) in [5.74, 6) is 3.12. The van der Waals surface area contributed by atoms with E-state index in [4.69, 9.17) is 9.26 Å². The van der Waals surface area contributed by atoms with Crippen molar-refractivity contribution in [2.75, 3.05) is 0 Å². The van der Waals surface area contributed by atoms with Crippen LogP contribution in [0.1, 0.15) is 37.0 Å². The minimum atomic E-state index is 0.253. The van der Waals surface area contributed by atoms with Gasteiger partial charge in [-0.2, -0.15) is 5.10 Å². The van der Waals surface area contributed by atoms with Crippen LogP contribution < -0.4 is 4.74 Å². The Morgan fingerprint density at radius 2 is 2.07 bits per heavy atom. The molecular weight excluding hydrogens is 356 g/mol. The van der Waals surface area contributed by atoms with Gasteiger partial charge in [0.15, 0.2) is 17.3 Å². The lowest BCUT2D eigenvalue weighted by Crippen LogP contribution is -2.06. The second-order valence-corrected chi connectivity index (χ2v) is 6.77. The number of nitrogens with one attached hydrogen (secondary N) is 1. The van der Waals surface area contributed by atoms with Gasteiger partial charge >= 0.3 is 0 Å². The van der Waals surface area contributed by atoms with Crippen molar-refractivity contribution in [2.24, 2.45) is 0 Å². The molecule has 4 rings (SSSR count). The summed E-state index contributed by atoms with van der Waals surface area (Å²) in [5, 5.41) is 8.81. The minimum absolute atomic E-state index is 0.253. The first-order chi connectivity index (χ1) is 13.7. The Balaban J connectivity index is 1.56. The summed E-state index contributed by atoms with van der Waals surface area (Å²) in [6.07, 6.45) is 4.23. The number of ether oxygens (including phenoxy) is 1. The third-order valence-electron chi connectivity index (χ3n) is 4.30. The molecule has 0 unspecified atom stereocenters. The molecule has 8 heteroatoms. The van der Waals surface area contributed by atoms with E-state index in [0.29, 0.717) is 23.9 Å². The lowest BCUT2D eigenvalue weighted by atomic mass is 10.1. The summed E-state index contributed by atoms with van der Waals surface area (Å²) < 4.78 is 13.1. The minimum Gasteiger partial charge on any atom is -0.486 e. The SMILES string of the molecule is CC(C)c1cc(-c2nc(COc3ccccc3)nn2CCc2cnc[nH]2)no1. The molecule has 3 aromatic heterocycles. The molecule has 28 heavy (non-hydrogen) atoms. The molecule has 4 aromatic rings. The number of aromatic amines is 1. The summed E-state index contributed by atoms with van der Waals surface area (Å²) in [7, 11) is 0. The number of nitrogens with zero attached hydrogens (tertiary/aromatic N) is 5. The van der Waals surface area contributed by atoms with Gasteiger partial charge in [0.2, 0.25) is 0 Å². The number of imidazole rings is 1. The van der Waals surface area contributed by atoms with Gasteiger partial charge in [-0.1, -0.05) is 37.2 Å². The van der Waals surface area contributed by atoms with E-state index in [9.17, 15) is 0 Å². The lowest BCUT2D eigenvalue weighted by molar-refractivity contribution is 0.295. The number of aromatic nitrogens is 6. The van der Waals surface area contributed by atoms with Crippen LogP contribution in [0.3, 0.4) is 0 Å². The van der Waals surface area contributed by atoms with Gasteiger partial charge in [-0.15, -0.1) is 0 Å². The van der Waals surface area contributed by atoms with E-state index < -0.39 is 0 Å². The van der Waals surface area contributed by atoms with E-state index >= 15 is 0 Å². The van der Waals surface area contributed by atoms with Crippen LogP contribution in [0, 0.1) is 0 Å². The Morgan fingerprint density at radius 1 is 1.21 bits per heavy atom. The van der Waals surface area contributed by atoms with Gasteiger partial charge in [0.25, 0.3) is 0 Å². The van der Waals surface area contributed by atoms with Crippen LogP contribution in [0.2, 0.25) is 0 Å². The van der Waals surface area contributed by atoms with E-state index in [-0.39, 0.29) is 12.5 Å². The van der Waals surface area contributed by atoms with E-state index in [1.54, 1.807) is 6.33 Å². The standard InChI is InChI=1S/C20H22N6O2/c1-14(2)18-10-17(25-28-18)20-23-19(12-27-16-6-4-3-5-7-16)24-26(20)9-8-15-11-21-13-22-15/h3-7,10-11,13-14H,8-9,12H2,1-2H3,(H,21,22). The Labute approximate surface area is 162 Å². The molecule has 0 saturated heterocycles. The average Bonchev–Trinajstić information content (AvgIpc) is 3.45. The highest BCUT2D eigenvalue weighted by molar-refractivity contribution is 5.49. The van der Waals surface area contributed by atoms with Crippen molar-refractivity contribution in [1.82, 2.24) is 29.9 Å². The second kappa shape index (κ2) is 8.08. The Hall–Kier alpha value is -3.42. The lowest BCUT2D eigenvalue weighted by Gasteiger charge is -2.03. The van der Waals surface area contributed by atoms with Crippen LogP contribution in [0.15, 0.2) is 53.4 Å². The molecule has 0 radical (unpaired) electrons. The van der Waals surface area contributed by atoms with Crippen LogP contribution >= 0.6 is 0 Å². The summed E-state index contributed by atoms with van der Waals surface area (Å²) in [6, 6.07) is 11.5. The number of aryl methyl sites for hydroxylation is 2. The molecule has 0 fully saturated rings. The molecule has 8 nitrogen and oxygen atoms in total. The smallest absolute Gasteiger partial charge is 0.188 e. The third-order valence-corrected chi connectivity index (χ3v) is 4.30. The Kier molecular flexibility index (Phi) is 5.18. The van der Waals surface area contributed by atoms with E-state index in [2.05, 4.69) is 39.1 Å². The zero-order valence-electron chi connectivity index (χ0n) is 15.9. The molecule has 0 aliphatic carbocycles. The fourth-order valence-electron chi connectivity index (χ4n) is 2.77. The maximum Gasteiger partial charge on any atom is 0.188 e. The fourth-order valence-corrected chi connectivity index (χ4v) is 2.77. The molecule has 144 valence electrons. The first-order valence-electron chi connectivity index (χ1n) is 9.25. The molecule has 0 bridgehead atoms. The first-order valence-corrected chi connectivity index (χ1v) is 9.25. The van der Waals surface area contributed by atoms with Gasteiger partial charge in [-0.25, -0.2) is 14.6 Å². The van der Waals surface area contributed by atoms with Gasteiger partial charge in [0.05, 0.1) is 6.33 Å². The van der Waals surface area contributed by atoms with Gasteiger partial charge < -0.3 is 14.2 Å². The van der Waals surface area contributed by atoms with Gasteiger partial charge in [0, 0.05) is 36.8 Å². The fraction of sp³-hybridized carbons (Fsp3) is 0.300. The molecule has 3 heterocycles. The van der Waals surface area contributed by atoms with E-state index in [1.165, 1.54) is 0 Å². The average molecular weight is 378 g/mol. The largest absolute Gasteiger partial charge is 0.486 e. The molecular formula is C20H22N6O2. The van der Waals surface area contributed by atoms with Crippen molar-refractivity contribution in [1.29, 1.82) is 0 Å². The third kappa shape index (κ3) is 4.11. The Morgan fingerprint density at radius 3 is 2.79 bits per heavy atom. The molecule has 0 amide bonds. The molecule has 0 aliphatic heterocycles. The zero-order chi connectivity index (χ0) is 19.3. The van der Waals surface area contributed by atoms with Crippen molar-refractivity contribution in [3.8, 4) is 17.3 Å². The van der Waals surface area contributed by atoms with Crippen molar-refractivity contribution >= 4 is 0 Å². The molecule has 0 aliphatic rings. The normalized spacial score (nSPS) is 11.2. The summed E-state index contributed by atoms with van der Waals surface area (Å²) in [6.45, 7) is 5.04. The number of H-pyrrole nitrogens is 1. The van der Waals surface area contributed by atoms with E-state index in [0.717, 1.165) is 23.6 Å². The molecule has 1 N–H and O–H groups in total. The summed E-state index contributed by atoms with van der Waals surface area (Å²) in [5.41, 5.74) is 1.71. The molecule has 0 saturated carbocycles. The first kappa shape index (κ1) is 18.0. The highest BCUT2D eigenvalue weighted by Crippen LogP contribution is 2.23. The van der Waals surface area contributed by atoms with Crippen LogP contribution in [-0.4, -0.2) is 29.9 Å². The number of hydrogen-bond acceptors (Lipinski definition) is 6. The summed E-state index contributed by atoms with van der Waals surface area (Å²) in [4.78, 5) is 11.8. The van der Waals surface area contributed by atoms with Crippen molar-refractivity contribution in [3.63, 3.8) is 0 Å². The predicted molar refractivity (Wildman–Crippen MR) is 103 cm³/mol. The molecule has 0 spiro atoms. The molecule has 0 atom stereocenters. The van der Waals surface area contributed by atoms with Crippen LogP contribution in [0.5, 0.6) is 5.75 Å². The quantitative estimate of drug-likeness (QED) is 0.503. The Bertz CT molecular complexity index is 1000. The molecule has 1 aromatic carbocycles. The number of para-hydroxylation sites is 1. The van der Waals surface area contributed by atoms with Crippen molar-refractivity contribution < 1.29 is 9.26 Å². The highest BCUT2D eigenvalue weighted by Gasteiger charge is 2.18. The number of hydrogen-bond donors (Lipinski definition) is 1. The monoisotopic (exact) mass is 378 g/mol. The number of benzene rings is 1. The zero-order valence-corrected chi connectivity index (χ0v) is 15.9. The van der Waals surface area contributed by atoms with Crippen LogP contribution in [-0.2, 0) is 19.6 Å². The van der Waals surface area contributed by atoms with Crippen molar-refractivity contribution in [3.05, 3.63) is 66.2 Å². The van der Waals surface area contributed by atoms with Gasteiger partial charge in [0.1, 0.15) is 18.1 Å². The van der Waals surface area contributed by atoms with Crippen molar-refractivity contribution in [2.45, 2.75) is 39.3 Å². The van der Waals surface area contributed by atoms with Crippen LogP contribution in [0.25, 0.3) is 11.5 Å². The van der Waals surface area contributed by atoms with Gasteiger partial charge in [-0.3, -0.25) is 0 Å². The maximum atomic E-state index is 5.79. The van der Waals surface area contributed by atoms with Gasteiger partial charge in [-0.05, 0) is 12.1 Å². The maximum absolute atomic E-state index is 5.79. The highest BCUT2D eigenvalue weighted by atomic mass is 16.5. The summed E-state index contributed by atoms with van der Waals surface area (Å²) >= 11 is 0.